The molecule has 7 heteroatoms. The number of thiophene rings is 1. The number of benzene rings is 1. The Labute approximate surface area is 140 Å². The van der Waals surface area contributed by atoms with Gasteiger partial charge in [0, 0.05) is 23.5 Å². The summed E-state index contributed by atoms with van der Waals surface area (Å²) in [6.45, 7) is 4.78. The second kappa shape index (κ2) is 7.72. The van der Waals surface area contributed by atoms with Crippen molar-refractivity contribution in [3.05, 3.63) is 52.2 Å². The average molecular weight is 352 g/mol. The van der Waals surface area contributed by atoms with Crippen LogP contribution in [-0.4, -0.2) is 20.9 Å². The van der Waals surface area contributed by atoms with Gasteiger partial charge in [0.15, 0.2) is 0 Å². The second-order valence-corrected chi connectivity index (χ2v) is 8.33. The molecule has 5 nitrogen and oxygen atoms in total. The Morgan fingerprint density at radius 3 is 2.65 bits per heavy atom. The third-order valence-electron chi connectivity index (χ3n) is 3.09. The smallest absolute Gasteiger partial charge is 0.251 e. The fourth-order valence-electron chi connectivity index (χ4n) is 1.87. The first-order chi connectivity index (χ1) is 10.9. The molecule has 1 aromatic heterocycles. The van der Waals surface area contributed by atoms with E-state index in [2.05, 4.69) is 10.0 Å². The quantitative estimate of drug-likeness (QED) is 0.804. The molecule has 0 aliphatic rings. The van der Waals surface area contributed by atoms with E-state index in [1.807, 2.05) is 31.4 Å². The van der Waals surface area contributed by atoms with E-state index in [4.69, 9.17) is 0 Å². The molecule has 1 amide bonds. The van der Waals surface area contributed by atoms with E-state index in [0.29, 0.717) is 18.0 Å². The molecule has 124 valence electrons. The molecule has 2 rings (SSSR count). The third-order valence-corrected chi connectivity index (χ3v) is 5.37. The molecule has 0 saturated heterocycles. The van der Waals surface area contributed by atoms with Gasteiger partial charge in [-0.25, -0.2) is 13.1 Å². The van der Waals surface area contributed by atoms with Crippen molar-refractivity contribution in [3.8, 4) is 0 Å². The lowest BCUT2D eigenvalue weighted by molar-refractivity contribution is 0.0949. The predicted octanol–water partition coefficient (Wildman–Crippen LogP) is 2.61. The maximum absolute atomic E-state index is 12.3. The number of amides is 1. The van der Waals surface area contributed by atoms with Crippen molar-refractivity contribution in [3.63, 3.8) is 0 Å². The molecule has 0 unspecified atom stereocenters. The van der Waals surface area contributed by atoms with Crippen LogP contribution < -0.4 is 10.0 Å². The molecule has 23 heavy (non-hydrogen) atoms. The lowest BCUT2D eigenvalue weighted by atomic mass is 10.2. The molecular weight excluding hydrogens is 332 g/mol. The Kier molecular flexibility index (Phi) is 5.92. The van der Waals surface area contributed by atoms with Crippen LogP contribution in [0.4, 0.5) is 0 Å². The molecule has 0 spiro atoms. The van der Waals surface area contributed by atoms with Gasteiger partial charge in [0.05, 0.1) is 4.90 Å². The lowest BCUT2D eigenvalue weighted by Gasteiger charge is -2.10. The molecule has 0 fully saturated rings. The van der Waals surface area contributed by atoms with Gasteiger partial charge in [-0.3, -0.25) is 4.79 Å². The fraction of sp³-hybridized carbons (Fsp3) is 0.312. The summed E-state index contributed by atoms with van der Waals surface area (Å²) in [5.41, 5.74) is 0.338. The zero-order chi connectivity index (χ0) is 16.9. The van der Waals surface area contributed by atoms with Crippen molar-refractivity contribution in [2.24, 2.45) is 5.92 Å². The summed E-state index contributed by atoms with van der Waals surface area (Å²) in [7, 11) is -3.65. The van der Waals surface area contributed by atoms with Gasteiger partial charge in [0.2, 0.25) is 10.0 Å². The molecule has 0 atom stereocenters. The van der Waals surface area contributed by atoms with Crippen molar-refractivity contribution >= 4 is 27.3 Å². The maximum Gasteiger partial charge on any atom is 0.251 e. The van der Waals surface area contributed by atoms with Crippen LogP contribution in [0, 0.1) is 5.92 Å². The van der Waals surface area contributed by atoms with Gasteiger partial charge in [-0.1, -0.05) is 26.0 Å². The number of sulfonamides is 1. The SMILES string of the molecule is CC(C)CNC(=O)c1cccc(S(=O)(=O)NCc2cccs2)c1. The molecule has 0 aliphatic heterocycles. The molecule has 0 bridgehead atoms. The topological polar surface area (TPSA) is 75.3 Å². The second-order valence-electron chi connectivity index (χ2n) is 5.54. The van der Waals surface area contributed by atoms with Crippen LogP contribution in [0.3, 0.4) is 0 Å². The summed E-state index contributed by atoms with van der Waals surface area (Å²) in [5, 5.41) is 4.67. The van der Waals surface area contributed by atoms with Gasteiger partial charge in [0.1, 0.15) is 0 Å². The standard InChI is InChI=1S/C16H20N2O3S2/c1-12(2)10-17-16(19)13-5-3-7-15(9-13)23(20,21)18-11-14-6-4-8-22-14/h3-9,12,18H,10-11H2,1-2H3,(H,17,19). The number of carbonyl (C=O) groups excluding carboxylic acids is 1. The number of carbonyl (C=O) groups is 1. The summed E-state index contributed by atoms with van der Waals surface area (Å²) < 4.78 is 27.2. The van der Waals surface area contributed by atoms with Crippen LogP contribution in [0.2, 0.25) is 0 Å². The molecule has 1 aromatic carbocycles. The normalized spacial score (nSPS) is 11.6. The Hall–Kier alpha value is -1.70. The monoisotopic (exact) mass is 352 g/mol. The predicted molar refractivity (Wildman–Crippen MR) is 92.0 cm³/mol. The van der Waals surface area contributed by atoms with Crippen molar-refractivity contribution in [1.29, 1.82) is 0 Å². The van der Waals surface area contributed by atoms with Crippen molar-refractivity contribution < 1.29 is 13.2 Å². The van der Waals surface area contributed by atoms with Crippen LogP contribution in [0.5, 0.6) is 0 Å². The van der Waals surface area contributed by atoms with Crippen molar-refractivity contribution in [2.45, 2.75) is 25.3 Å². The molecule has 2 aromatic rings. The minimum Gasteiger partial charge on any atom is -0.352 e. The first kappa shape index (κ1) is 17.7. The van der Waals surface area contributed by atoms with Gasteiger partial charge in [-0.05, 0) is 35.6 Å². The lowest BCUT2D eigenvalue weighted by Crippen LogP contribution is -2.28. The largest absolute Gasteiger partial charge is 0.352 e. The highest BCUT2D eigenvalue weighted by Crippen LogP contribution is 2.14. The molecule has 1 heterocycles. The summed E-state index contributed by atoms with van der Waals surface area (Å²) in [6.07, 6.45) is 0. The van der Waals surface area contributed by atoms with E-state index in [1.54, 1.807) is 12.1 Å². The molecular formula is C16H20N2O3S2. The highest BCUT2D eigenvalue weighted by atomic mass is 32.2. The van der Waals surface area contributed by atoms with E-state index in [1.165, 1.54) is 23.5 Å². The van der Waals surface area contributed by atoms with Crippen molar-refractivity contribution in [2.75, 3.05) is 6.54 Å². The van der Waals surface area contributed by atoms with Gasteiger partial charge in [-0.2, -0.15) is 0 Å². The Morgan fingerprint density at radius 2 is 2.00 bits per heavy atom. The van der Waals surface area contributed by atoms with Crippen LogP contribution in [0.15, 0.2) is 46.7 Å². The van der Waals surface area contributed by atoms with E-state index >= 15 is 0 Å². The molecule has 0 aliphatic carbocycles. The summed E-state index contributed by atoms with van der Waals surface area (Å²) in [6, 6.07) is 9.79. The highest BCUT2D eigenvalue weighted by molar-refractivity contribution is 7.89. The third kappa shape index (κ3) is 5.16. The first-order valence-electron chi connectivity index (χ1n) is 7.29. The van der Waals surface area contributed by atoms with E-state index in [9.17, 15) is 13.2 Å². The van der Waals surface area contributed by atoms with Crippen LogP contribution >= 0.6 is 11.3 Å². The van der Waals surface area contributed by atoms with Gasteiger partial charge in [-0.15, -0.1) is 11.3 Å². The number of hydrogen-bond acceptors (Lipinski definition) is 4. The Bertz CT molecular complexity index is 753. The van der Waals surface area contributed by atoms with Crippen LogP contribution in [0.25, 0.3) is 0 Å². The number of rotatable bonds is 7. The Balaban J connectivity index is 2.09. The molecule has 0 radical (unpaired) electrons. The van der Waals surface area contributed by atoms with Crippen molar-refractivity contribution in [1.82, 2.24) is 10.0 Å². The Morgan fingerprint density at radius 1 is 1.22 bits per heavy atom. The summed E-state index contributed by atoms with van der Waals surface area (Å²) >= 11 is 1.49. The van der Waals surface area contributed by atoms with Gasteiger partial charge >= 0.3 is 0 Å². The van der Waals surface area contributed by atoms with E-state index in [-0.39, 0.29) is 17.3 Å². The zero-order valence-electron chi connectivity index (χ0n) is 13.1. The number of hydrogen-bond donors (Lipinski definition) is 2. The van der Waals surface area contributed by atoms with Crippen LogP contribution in [0.1, 0.15) is 29.1 Å². The number of nitrogens with one attached hydrogen (secondary N) is 2. The van der Waals surface area contributed by atoms with E-state index < -0.39 is 10.0 Å². The van der Waals surface area contributed by atoms with Crippen LogP contribution in [-0.2, 0) is 16.6 Å². The first-order valence-corrected chi connectivity index (χ1v) is 9.65. The zero-order valence-corrected chi connectivity index (χ0v) is 14.7. The highest BCUT2D eigenvalue weighted by Gasteiger charge is 2.16. The summed E-state index contributed by atoms with van der Waals surface area (Å²) in [4.78, 5) is 13.1. The maximum atomic E-state index is 12.3. The average Bonchev–Trinajstić information content (AvgIpc) is 3.04. The fourth-order valence-corrected chi connectivity index (χ4v) is 3.65. The van der Waals surface area contributed by atoms with Gasteiger partial charge < -0.3 is 5.32 Å². The molecule has 0 saturated carbocycles. The minimum atomic E-state index is -3.65. The van der Waals surface area contributed by atoms with Gasteiger partial charge in [0.25, 0.3) is 5.91 Å². The van der Waals surface area contributed by atoms with E-state index in [0.717, 1.165) is 4.88 Å². The minimum absolute atomic E-state index is 0.0891. The molecule has 2 N–H and O–H groups in total. The summed E-state index contributed by atoms with van der Waals surface area (Å²) in [5.74, 6) is 0.0623.